The molecule has 8 heteroatoms. The number of nitrogens with zero attached hydrogens (tertiary/aromatic N) is 2. The molecule has 3 aliphatic heterocycles. The van der Waals surface area contributed by atoms with Gasteiger partial charge < -0.3 is 20.1 Å². The molecule has 6 rings (SSSR count). The van der Waals surface area contributed by atoms with Crippen LogP contribution in [0.1, 0.15) is 50.8 Å². The van der Waals surface area contributed by atoms with E-state index >= 15 is 0 Å². The van der Waals surface area contributed by atoms with Crippen LogP contribution < -0.4 is 10.6 Å². The van der Waals surface area contributed by atoms with Crippen molar-refractivity contribution in [2.45, 2.75) is 58.0 Å². The normalized spacial score (nSPS) is 22.6. The molecule has 3 unspecified atom stereocenters. The van der Waals surface area contributed by atoms with E-state index < -0.39 is 11.7 Å². The molecule has 2 amide bonds. The van der Waals surface area contributed by atoms with Crippen molar-refractivity contribution in [1.29, 1.82) is 0 Å². The number of benzene rings is 2. The van der Waals surface area contributed by atoms with Gasteiger partial charge in [-0.2, -0.15) is 0 Å². The summed E-state index contributed by atoms with van der Waals surface area (Å²) in [5.74, 6) is 0.773. The van der Waals surface area contributed by atoms with E-state index in [0.717, 1.165) is 41.5 Å². The van der Waals surface area contributed by atoms with E-state index in [0.29, 0.717) is 24.1 Å². The quantitative estimate of drug-likeness (QED) is 0.321. The highest BCUT2D eigenvalue weighted by molar-refractivity contribution is 5.96. The van der Waals surface area contributed by atoms with Gasteiger partial charge in [0.15, 0.2) is 0 Å². The van der Waals surface area contributed by atoms with Gasteiger partial charge >= 0.3 is 6.09 Å². The van der Waals surface area contributed by atoms with Gasteiger partial charge in [-0.3, -0.25) is 14.7 Å². The molecule has 0 radical (unpaired) electrons. The molecule has 3 aromatic rings. The molecule has 3 saturated heterocycles. The van der Waals surface area contributed by atoms with Gasteiger partial charge in [0.2, 0.25) is 5.91 Å². The molecule has 0 spiro atoms. The summed E-state index contributed by atoms with van der Waals surface area (Å²) in [5.41, 5.74) is 3.01. The summed E-state index contributed by atoms with van der Waals surface area (Å²) < 4.78 is 12.0. The second-order valence-corrected chi connectivity index (χ2v) is 12.0. The Balaban J connectivity index is 1.39. The van der Waals surface area contributed by atoms with Crippen molar-refractivity contribution in [3.8, 4) is 0 Å². The van der Waals surface area contributed by atoms with Crippen molar-refractivity contribution in [1.82, 2.24) is 15.2 Å². The standard InChI is InChI=1S/C33H40N4O4/c1-5-23-20-37-16-14-24(23)17-29(37)31(40-21-22-9-7-6-8-10-22)26-13-15-34-28-12-11-25(18-27(26)28)36-30(38)19-35-32(39)41-33(2,3)4/h5-13,15,18,23-24,29,31H,1,14,16-17,19-21H2,2-4H3,(H,35,39)(H,36,38)/t23?,24?,29-,31+/m1/s1. The summed E-state index contributed by atoms with van der Waals surface area (Å²) in [6.45, 7) is 11.8. The van der Waals surface area contributed by atoms with Gasteiger partial charge in [-0.05, 0) is 87.4 Å². The minimum atomic E-state index is -0.636. The largest absolute Gasteiger partial charge is 0.444 e. The van der Waals surface area contributed by atoms with Crippen LogP contribution in [0.2, 0.25) is 0 Å². The Labute approximate surface area is 242 Å². The number of fused-ring (bicyclic) bond motifs is 4. The number of carbonyl (C=O) groups excluding carboxylic acids is 2. The Morgan fingerprint density at radius 1 is 1.17 bits per heavy atom. The highest BCUT2D eigenvalue weighted by atomic mass is 16.6. The predicted octanol–water partition coefficient (Wildman–Crippen LogP) is 5.85. The summed E-state index contributed by atoms with van der Waals surface area (Å²) in [4.78, 5) is 31.8. The third kappa shape index (κ3) is 7.13. The Bertz CT molecular complexity index is 1390. The summed E-state index contributed by atoms with van der Waals surface area (Å²) >= 11 is 0. The SMILES string of the molecule is C=CC1CN2CCC1C[C@@H]2[C@@H](OCc1ccccc1)c1ccnc2ccc(NC(=O)CNC(=O)OC(C)(C)C)cc12. The zero-order valence-corrected chi connectivity index (χ0v) is 24.1. The molecule has 41 heavy (non-hydrogen) atoms. The number of hydrogen-bond donors (Lipinski definition) is 2. The number of aromatic nitrogens is 1. The number of ether oxygens (including phenoxy) is 2. The highest BCUT2D eigenvalue weighted by Gasteiger charge is 2.43. The highest BCUT2D eigenvalue weighted by Crippen LogP contribution is 2.43. The molecule has 4 heterocycles. The van der Waals surface area contributed by atoms with Gasteiger partial charge in [-0.25, -0.2) is 4.79 Å². The first-order valence-electron chi connectivity index (χ1n) is 14.4. The summed E-state index contributed by atoms with van der Waals surface area (Å²) in [6, 6.07) is 18.2. The molecule has 8 nitrogen and oxygen atoms in total. The number of piperidine rings is 3. The van der Waals surface area contributed by atoms with Gasteiger partial charge in [0.05, 0.1) is 18.2 Å². The van der Waals surface area contributed by atoms with Crippen molar-refractivity contribution in [3.63, 3.8) is 0 Å². The van der Waals surface area contributed by atoms with E-state index in [-0.39, 0.29) is 24.6 Å². The molecule has 5 atom stereocenters. The monoisotopic (exact) mass is 556 g/mol. The Morgan fingerprint density at radius 2 is 1.98 bits per heavy atom. The number of amides is 2. The molecule has 3 aliphatic rings. The molecule has 2 bridgehead atoms. The lowest BCUT2D eigenvalue weighted by atomic mass is 9.73. The van der Waals surface area contributed by atoms with Crippen LogP contribution in [0, 0.1) is 11.8 Å². The van der Waals surface area contributed by atoms with Gasteiger partial charge in [0.25, 0.3) is 0 Å². The van der Waals surface area contributed by atoms with Crippen molar-refractivity contribution in [2.24, 2.45) is 11.8 Å². The third-order valence-corrected chi connectivity index (χ3v) is 7.93. The minimum absolute atomic E-state index is 0.172. The number of pyridine rings is 1. The molecule has 0 saturated carbocycles. The van der Waals surface area contributed by atoms with Crippen molar-refractivity contribution in [2.75, 3.05) is 25.0 Å². The molecular weight excluding hydrogens is 516 g/mol. The fraction of sp³-hybridized carbons (Fsp3) is 0.424. The summed E-state index contributed by atoms with van der Waals surface area (Å²) in [5, 5.41) is 6.34. The second kappa shape index (κ2) is 12.4. The molecular formula is C33H40N4O4. The Kier molecular flexibility index (Phi) is 8.71. The molecule has 1 aromatic heterocycles. The van der Waals surface area contributed by atoms with Gasteiger partial charge in [-0.15, -0.1) is 6.58 Å². The zero-order chi connectivity index (χ0) is 29.0. The second-order valence-electron chi connectivity index (χ2n) is 12.0. The topological polar surface area (TPSA) is 92.8 Å². The predicted molar refractivity (Wildman–Crippen MR) is 160 cm³/mol. The maximum absolute atomic E-state index is 12.7. The first-order valence-corrected chi connectivity index (χ1v) is 14.4. The fourth-order valence-corrected chi connectivity index (χ4v) is 6.03. The Morgan fingerprint density at radius 3 is 2.68 bits per heavy atom. The average Bonchev–Trinajstić information content (AvgIpc) is 2.96. The van der Waals surface area contributed by atoms with Crippen molar-refractivity contribution in [3.05, 3.63) is 84.6 Å². The molecule has 2 N–H and O–H groups in total. The van der Waals surface area contributed by atoms with Gasteiger partial charge in [-0.1, -0.05) is 36.4 Å². The maximum Gasteiger partial charge on any atom is 0.408 e. The smallest absolute Gasteiger partial charge is 0.408 e. The molecule has 216 valence electrons. The van der Waals surface area contributed by atoms with E-state index in [1.54, 1.807) is 20.8 Å². The number of carbonyl (C=O) groups is 2. The van der Waals surface area contributed by atoms with Gasteiger partial charge in [0.1, 0.15) is 12.1 Å². The van der Waals surface area contributed by atoms with E-state index in [4.69, 9.17) is 9.47 Å². The van der Waals surface area contributed by atoms with Crippen molar-refractivity contribution < 1.29 is 19.1 Å². The van der Waals surface area contributed by atoms with Gasteiger partial charge in [0, 0.05) is 29.9 Å². The third-order valence-electron chi connectivity index (χ3n) is 7.93. The number of anilines is 1. The molecule has 2 aromatic carbocycles. The van der Waals surface area contributed by atoms with E-state index in [9.17, 15) is 9.59 Å². The van der Waals surface area contributed by atoms with Crippen LogP contribution in [-0.2, 0) is 20.9 Å². The van der Waals surface area contributed by atoms with Crippen molar-refractivity contribution >= 4 is 28.6 Å². The number of alkyl carbamates (subject to hydrolysis) is 1. The van der Waals surface area contributed by atoms with E-state index in [1.165, 1.54) is 6.42 Å². The van der Waals surface area contributed by atoms with Crippen LogP contribution in [0.3, 0.4) is 0 Å². The lowest BCUT2D eigenvalue weighted by molar-refractivity contribution is -0.115. The van der Waals surface area contributed by atoms with Crippen LogP contribution in [-0.4, -0.2) is 53.2 Å². The number of nitrogens with one attached hydrogen (secondary N) is 2. The van der Waals surface area contributed by atoms with Crippen LogP contribution >= 0.6 is 0 Å². The summed E-state index contributed by atoms with van der Waals surface area (Å²) in [7, 11) is 0. The first kappa shape index (κ1) is 28.8. The maximum atomic E-state index is 12.7. The van der Waals surface area contributed by atoms with Crippen LogP contribution in [0.25, 0.3) is 10.9 Å². The van der Waals surface area contributed by atoms with Crippen LogP contribution in [0.15, 0.2) is 73.4 Å². The van der Waals surface area contributed by atoms with E-state index in [1.807, 2.05) is 48.7 Å². The van der Waals surface area contributed by atoms with E-state index in [2.05, 4.69) is 45.3 Å². The number of hydrogen-bond acceptors (Lipinski definition) is 6. The fourth-order valence-electron chi connectivity index (χ4n) is 6.03. The van der Waals surface area contributed by atoms with Crippen LogP contribution in [0.5, 0.6) is 0 Å². The lowest BCUT2D eigenvalue weighted by Crippen LogP contribution is -2.55. The first-order chi connectivity index (χ1) is 19.7. The average molecular weight is 557 g/mol. The summed E-state index contributed by atoms with van der Waals surface area (Å²) in [6.07, 6.45) is 5.38. The molecule has 3 fully saturated rings. The Hall–Kier alpha value is -3.75. The zero-order valence-electron chi connectivity index (χ0n) is 24.1. The van der Waals surface area contributed by atoms with Crippen LogP contribution in [0.4, 0.5) is 10.5 Å². The minimum Gasteiger partial charge on any atom is -0.444 e. The number of rotatable bonds is 9. The lowest BCUT2D eigenvalue weighted by Gasteiger charge is -2.51. The molecule has 0 aliphatic carbocycles.